The molecule has 110 valence electrons. The molecule has 0 aliphatic heterocycles. The molecule has 0 aromatic carbocycles. The molecule has 0 spiro atoms. The summed E-state index contributed by atoms with van der Waals surface area (Å²) < 4.78 is 74.5. The molecule has 0 rings (SSSR count). The average molecular weight is 311 g/mol. The summed E-state index contributed by atoms with van der Waals surface area (Å²) in [5.74, 6) is -7.19. The van der Waals surface area contributed by atoms with Gasteiger partial charge in [0, 0.05) is 13.1 Å². The zero-order valence-corrected chi connectivity index (χ0v) is 11.3. The van der Waals surface area contributed by atoms with Crippen molar-refractivity contribution in [3.8, 4) is 0 Å². The molecule has 0 aromatic rings. The van der Waals surface area contributed by atoms with Crippen LogP contribution in [0.15, 0.2) is 25.3 Å². The van der Waals surface area contributed by atoms with Crippen molar-refractivity contribution in [2.24, 2.45) is 0 Å². The van der Waals surface area contributed by atoms with Crippen LogP contribution in [0.4, 0.5) is 17.6 Å². The summed E-state index contributed by atoms with van der Waals surface area (Å²) >= 11 is 0. The minimum atomic E-state index is -5.86. The van der Waals surface area contributed by atoms with E-state index < -0.39 is 42.0 Å². The van der Waals surface area contributed by atoms with Crippen molar-refractivity contribution in [1.29, 1.82) is 0 Å². The normalized spacial score (nSPS) is 14.1. The Morgan fingerprint density at radius 3 is 1.80 bits per heavy atom. The van der Waals surface area contributed by atoms with Crippen LogP contribution in [0.3, 0.4) is 0 Å². The third-order valence-corrected chi connectivity index (χ3v) is 2.17. The van der Waals surface area contributed by atoms with E-state index in [2.05, 4.69) is 17.3 Å². The topological polar surface area (TPSA) is 63.7 Å². The number of carbonyl (C=O) groups is 1. The van der Waals surface area contributed by atoms with Crippen LogP contribution in [0.2, 0.25) is 0 Å². The van der Waals surface area contributed by atoms with E-state index in [-0.39, 0.29) is 18.9 Å². The summed E-state index contributed by atoms with van der Waals surface area (Å²) in [7, 11) is -3.87. The van der Waals surface area contributed by atoms with Gasteiger partial charge in [-0.1, -0.05) is 12.2 Å². The Morgan fingerprint density at radius 1 is 1.15 bits per heavy atom. The third kappa shape index (κ3) is 5.28. The quantitative estimate of drug-likeness (QED) is 0.253. The van der Waals surface area contributed by atoms with Gasteiger partial charge < -0.3 is 17.5 Å². The first kappa shape index (κ1) is 21.5. The predicted molar refractivity (Wildman–Crippen MR) is 56.7 cm³/mol. The van der Waals surface area contributed by atoms with E-state index in [0.29, 0.717) is 4.90 Å². The molecule has 0 aliphatic rings. The third-order valence-electron chi connectivity index (χ3n) is 1.81. The number of hydrogen-bond donors (Lipinski definition) is 0. The van der Waals surface area contributed by atoms with Crippen LogP contribution in [0, 0.1) is 0 Å². The van der Waals surface area contributed by atoms with Crippen LogP contribution in [0.1, 0.15) is 0 Å². The van der Waals surface area contributed by atoms with Crippen LogP contribution >= 0.6 is 0 Å². The molecule has 0 saturated heterocycles. The van der Waals surface area contributed by atoms with Crippen molar-refractivity contribution in [3.63, 3.8) is 0 Å². The average Bonchev–Trinajstić information content (AvgIpc) is 2.25. The zero-order valence-electron chi connectivity index (χ0n) is 10.5. The fourth-order valence-corrected chi connectivity index (χ4v) is 1.41. The molecule has 1 atom stereocenters. The van der Waals surface area contributed by atoms with Crippen molar-refractivity contribution >= 4 is 16.9 Å². The fourth-order valence-electron chi connectivity index (χ4n) is 1.05. The van der Waals surface area contributed by atoms with E-state index in [1.54, 1.807) is 0 Å². The van der Waals surface area contributed by atoms with Gasteiger partial charge in [-0.25, -0.2) is 0 Å². The van der Waals surface area contributed by atoms with Crippen LogP contribution < -0.4 is 18.9 Å². The van der Waals surface area contributed by atoms with Crippen LogP contribution in [0.25, 0.3) is 0 Å². The molecule has 20 heavy (non-hydrogen) atoms. The predicted octanol–water partition coefficient (Wildman–Crippen LogP) is -1.34. The van der Waals surface area contributed by atoms with Crippen molar-refractivity contribution in [2.75, 3.05) is 13.1 Å². The number of alkyl halides is 4. The van der Waals surface area contributed by atoms with Gasteiger partial charge in [-0.2, -0.15) is 17.6 Å². The Labute approximate surface area is 126 Å². The molecule has 11 heteroatoms. The van der Waals surface area contributed by atoms with Crippen molar-refractivity contribution < 1.29 is 53.8 Å². The van der Waals surface area contributed by atoms with Gasteiger partial charge in [0.25, 0.3) is 5.91 Å². The van der Waals surface area contributed by atoms with E-state index in [1.165, 1.54) is 0 Å². The first-order chi connectivity index (χ1) is 8.60. The summed E-state index contributed by atoms with van der Waals surface area (Å²) in [4.78, 5) is 11.8. The van der Waals surface area contributed by atoms with Crippen molar-refractivity contribution in [1.82, 2.24) is 4.90 Å². The van der Waals surface area contributed by atoms with Crippen LogP contribution in [-0.4, -0.2) is 35.9 Å². The molecule has 0 bridgehead atoms. The number of hydrogen-bond acceptors (Lipinski definition) is 5. The van der Waals surface area contributed by atoms with Crippen molar-refractivity contribution in [2.45, 2.75) is 12.0 Å². The molecule has 0 heterocycles. The number of nitrogens with zero attached hydrogens (tertiary/aromatic N) is 1. The first-order valence-corrected chi connectivity index (χ1v) is 5.65. The Kier molecular flexibility index (Phi) is 9.09. The van der Waals surface area contributed by atoms with Crippen molar-refractivity contribution in [3.05, 3.63) is 25.3 Å². The zero-order chi connectivity index (χ0) is 15.3. The van der Waals surface area contributed by atoms with E-state index >= 15 is 0 Å². The van der Waals surface area contributed by atoms with Gasteiger partial charge in [-0.05, 0) is 0 Å². The molecule has 0 aromatic heterocycles. The van der Waals surface area contributed by atoms with Gasteiger partial charge in [-0.15, -0.1) is 13.2 Å². The Bertz CT molecular complexity index is 422. The molecule has 1 unspecified atom stereocenters. The maximum Gasteiger partial charge on any atom is 1.00 e. The maximum atomic E-state index is 13.6. The van der Waals surface area contributed by atoms with Gasteiger partial charge in [0.05, 0.1) is 11.0 Å². The Hall–Kier alpha value is -0.823. The molecule has 5 nitrogen and oxygen atoms in total. The second kappa shape index (κ2) is 8.46. The minimum Gasteiger partial charge on any atom is -0.397 e. The van der Waals surface area contributed by atoms with Gasteiger partial charge in [-0.3, -0.25) is 4.79 Å². The van der Waals surface area contributed by atoms with Gasteiger partial charge >= 0.3 is 30.9 Å². The van der Waals surface area contributed by atoms with E-state index in [9.17, 15) is 30.8 Å². The van der Waals surface area contributed by atoms with Gasteiger partial charge in [0.1, 0.15) is 0 Å². The minimum absolute atomic E-state index is 0. The van der Waals surface area contributed by atoms with E-state index in [4.69, 9.17) is 0 Å². The molecule has 0 N–H and O–H groups in total. The summed E-state index contributed by atoms with van der Waals surface area (Å²) in [5.41, 5.74) is 0. The molecular weight excluding hydrogens is 301 g/mol. The molecule has 1 amide bonds. The van der Waals surface area contributed by atoms with E-state index in [1.807, 2.05) is 0 Å². The monoisotopic (exact) mass is 311 g/mol. The summed E-state index contributed by atoms with van der Waals surface area (Å²) in [5, 5.41) is 0. The van der Waals surface area contributed by atoms with Gasteiger partial charge in [0.2, 0.25) is 0 Å². The van der Waals surface area contributed by atoms with Gasteiger partial charge in [0.15, 0.2) is 0 Å². The molecule has 0 radical (unpaired) electrons. The molecule has 0 saturated carbocycles. The second-order valence-electron chi connectivity index (χ2n) is 3.17. The smallest absolute Gasteiger partial charge is 0.397 e. The first-order valence-electron chi connectivity index (χ1n) is 4.65. The standard InChI is InChI=1S/C9H10F4NO4S.Li/c1-3-5-14(6-4-2)7(15)8(10,9(11,12)13)18-19(16)17;/h3-4H,1-2,5-6H2;/q-1;+1. The Balaban J connectivity index is 0. The summed E-state index contributed by atoms with van der Waals surface area (Å²) in [6, 6.07) is 0. The maximum absolute atomic E-state index is 13.6. The van der Waals surface area contributed by atoms with Crippen LogP contribution in [0.5, 0.6) is 0 Å². The van der Waals surface area contributed by atoms with E-state index in [0.717, 1.165) is 12.2 Å². The summed E-state index contributed by atoms with van der Waals surface area (Å²) in [6.07, 6.45) is -3.79. The van der Waals surface area contributed by atoms with Crippen LogP contribution in [-0.2, 0) is 28.4 Å². The summed E-state index contributed by atoms with van der Waals surface area (Å²) in [6.45, 7) is 5.47. The fraction of sp³-hybridized carbons (Fsp3) is 0.444. The second-order valence-corrected chi connectivity index (χ2v) is 3.74. The molecular formula is C9H10F4LiNO4S. The number of carbonyl (C=O) groups excluding carboxylic acids is 1. The number of halogens is 4. The molecule has 0 aliphatic carbocycles. The molecule has 0 fully saturated rings. The number of rotatable bonds is 7. The largest absolute Gasteiger partial charge is 1.00 e. The Morgan fingerprint density at radius 2 is 1.55 bits per heavy atom. The SMILES string of the molecule is C=CCN(CC=C)C(=O)C(F)(O[S-](=O)=O)C(F)(F)F.[Li+]. The number of amides is 1.